The zero-order valence-corrected chi connectivity index (χ0v) is 13.5. The zero-order chi connectivity index (χ0) is 17.7. The standard InChI is InChI=1S/C17H18N4O4/c1-8(19-17(25)20-14-11(22)3-2-6-18-14)21-15(23)12-9-4-5-10(7-9)13(12)16(21)24/h2-6,8-10,12-13,22H,7H2,1H3,(H2,18,19,20,25). The molecule has 4 amide bonds. The Morgan fingerprint density at radius 1 is 1.28 bits per heavy atom. The Morgan fingerprint density at radius 2 is 1.92 bits per heavy atom. The van der Waals surface area contributed by atoms with Gasteiger partial charge >= 0.3 is 6.03 Å². The summed E-state index contributed by atoms with van der Waals surface area (Å²) in [5, 5.41) is 14.6. The molecule has 4 rings (SSSR count). The molecule has 5 atom stereocenters. The van der Waals surface area contributed by atoms with Crippen LogP contribution in [0.1, 0.15) is 13.3 Å². The van der Waals surface area contributed by atoms with E-state index in [1.807, 2.05) is 12.2 Å². The summed E-state index contributed by atoms with van der Waals surface area (Å²) in [6.45, 7) is 1.59. The molecule has 1 saturated heterocycles. The van der Waals surface area contributed by atoms with E-state index < -0.39 is 12.2 Å². The van der Waals surface area contributed by atoms with Crippen molar-refractivity contribution in [2.24, 2.45) is 23.7 Å². The number of aromatic hydroxyl groups is 1. The predicted octanol–water partition coefficient (Wildman–Crippen LogP) is 1.06. The van der Waals surface area contributed by atoms with E-state index in [0.717, 1.165) is 11.3 Å². The van der Waals surface area contributed by atoms with Crippen LogP contribution in [0.15, 0.2) is 30.5 Å². The summed E-state index contributed by atoms with van der Waals surface area (Å²) in [6, 6.07) is 2.27. The van der Waals surface area contributed by atoms with Gasteiger partial charge in [-0.15, -0.1) is 0 Å². The van der Waals surface area contributed by atoms with Crippen LogP contribution in [0.5, 0.6) is 5.75 Å². The lowest BCUT2D eigenvalue weighted by Gasteiger charge is -2.25. The van der Waals surface area contributed by atoms with Gasteiger partial charge in [0.25, 0.3) is 0 Å². The van der Waals surface area contributed by atoms with Crippen LogP contribution in [0.4, 0.5) is 10.6 Å². The third kappa shape index (κ3) is 2.36. The number of hydrogen-bond donors (Lipinski definition) is 3. The van der Waals surface area contributed by atoms with Gasteiger partial charge in [0.15, 0.2) is 11.6 Å². The molecule has 3 N–H and O–H groups in total. The number of carbonyl (C=O) groups excluding carboxylic acids is 3. The van der Waals surface area contributed by atoms with Crippen molar-refractivity contribution in [2.75, 3.05) is 5.32 Å². The highest BCUT2D eigenvalue weighted by Gasteiger charge is 2.60. The monoisotopic (exact) mass is 342 g/mol. The van der Waals surface area contributed by atoms with E-state index in [1.165, 1.54) is 18.3 Å². The molecule has 2 fully saturated rings. The molecule has 1 aliphatic heterocycles. The molecular weight excluding hydrogens is 324 g/mol. The van der Waals surface area contributed by atoms with Gasteiger partial charge in [-0.25, -0.2) is 9.78 Å². The summed E-state index contributed by atoms with van der Waals surface area (Å²) < 4.78 is 0. The number of anilines is 1. The highest BCUT2D eigenvalue weighted by atomic mass is 16.3. The van der Waals surface area contributed by atoms with Crippen molar-refractivity contribution < 1.29 is 19.5 Å². The minimum atomic E-state index is -0.782. The first-order chi connectivity index (χ1) is 12.0. The van der Waals surface area contributed by atoms with Gasteiger partial charge < -0.3 is 10.4 Å². The van der Waals surface area contributed by atoms with Crippen molar-refractivity contribution in [3.8, 4) is 5.75 Å². The van der Waals surface area contributed by atoms with Crippen LogP contribution in [-0.4, -0.2) is 39.0 Å². The van der Waals surface area contributed by atoms with E-state index in [-0.39, 0.29) is 47.1 Å². The first-order valence-corrected chi connectivity index (χ1v) is 8.24. The molecule has 1 aromatic heterocycles. The Bertz CT molecular complexity index is 763. The number of nitrogens with zero attached hydrogens (tertiary/aromatic N) is 2. The molecule has 8 nitrogen and oxygen atoms in total. The van der Waals surface area contributed by atoms with Crippen LogP contribution in [0, 0.1) is 23.7 Å². The van der Waals surface area contributed by atoms with Crippen molar-refractivity contribution in [3.05, 3.63) is 30.5 Å². The van der Waals surface area contributed by atoms with Gasteiger partial charge in [0.1, 0.15) is 6.17 Å². The van der Waals surface area contributed by atoms with Crippen molar-refractivity contribution >= 4 is 23.7 Å². The Labute approximate surface area is 143 Å². The molecule has 2 aliphatic carbocycles. The van der Waals surface area contributed by atoms with Crippen LogP contribution in [0.25, 0.3) is 0 Å². The van der Waals surface area contributed by atoms with E-state index in [2.05, 4.69) is 15.6 Å². The molecule has 8 heteroatoms. The number of allylic oxidation sites excluding steroid dienone is 2. The first kappa shape index (κ1) is 15.6. The van der Waals surface area contributed by atoms with Gasteiger partial charge in [0.2, 0.25) is 11.8 Å². The third-order valence-electron chi connectivity index (χ3n) is 5.25. The topological polar surface area (TPSA) is 112 Å². The number of urea groups is 1. The quantitative estimate of drug-likeness (QED) is 0.562. The fraction of sp³-hybridized carbons (Fsp3) is 0.412. The maximum atomic E-state index is 12.7. The molecule has 1 saturated carbocycles. The van der Waals surface area contributed by atoms with Crippen LogP contribution in [0.3, 0.4) is 0 Å². The zero-order valence-electron chi connectivity index (χ0n) is 13.5. The summed E-state index contributed by atoms with van der Waals surface area (Å²) in [7, 11) is 0. The molecule has 1 aromatic rings. The lowest BCUT2D eigenvalue weighted by molar-refractivity contribution is -0.143. The van der Waals surface area contributed by atoms with Gasteiger partial charge in [-0.2, -0.15) is 0 Å². The van der Waals surface area contributed by atoms with E-state index in [1.54, 1.807) is 6.92 Å². The fourth-order valence-electron chi connectivity index (χ4n) is 4.20. The van der Waals surface area contributed by atoms with E-state index in [9.17, 15) is 19.5 Å². The number of rotatable bonds is 3. The van der Waals surface area contributed by atoms with Crippen molar-refractivity contribution in [3.63, 3.8) is 0 Å². The maximum Gasteiger partial charge on any atom is 0.322 e. The SMILES string of the molecule is CC(NC(=O)Nc1ncccc1O)N1C(=O)C2C3C=CC(C3)C2C1=O. The van der Waals surface area contributed by atoms with Crippen LogP contribution < -0.4 is 10.6 Å². The summed E-state index contributed by atoms with van der Waals surface area (Å²) in [6.07, 6.45) is 5.55. The van der Waals surface area contributed by atoms with E-state index >= 15 is 0 Å². The van der Waals surface area contributed by atoms with Crippen molar-refractivity contribution in [1.82, 2.24) is 15.2 Å². The Hall–Kier alpha value is -2.90. The molecule has 2 heterocycles. The van der Waals surface area contributed by atoms with Crippen LogP contribution >= 0.6 is 0 Å². The number of amides is 4. The highest BCUT2D eigenvalue weighted by molar-refractivity contribution is 6.07. The number of hydrogen-bond acceptors (Lipinski definition) is 5. The number of pyridine rings is 1. The Balaban J connectivity index is 1.44. The minimum absolute atomic E-state index is 0.00499. The molecule has 130 valence electrons. The maximum absolute atomic E-state index is 12.7. The molecule has 25 heavy (non-hydrogen) atoms. The number of likely N-dealkylation sites (tertiary alicyclic amines) is 1. The van der Waals surface area contributed by atoms with Crippen molar-refractivity contribution in [2.45, 2.75) is 19.5 Å². The lowest BCUT2D eigenvalue weighted by Crippen LogP contribution is -2.51. The number of imide groups is 1. The molecule has 5 unspecified atom stereocenters. The highest BCUT2D eigenvalue weighted by Crippen LogP contribution is 2.52. The van der Waals surface area contributed by atoms with E-state index in [0.29, 0.717) is 0 Å². The van der Waals surface area contributed by atoms with Crippen molar-refractivity contribution in [1.29, 1.82) is 0 Å². The van der Waals surface area contributed by atoms with Gasteiger partial charge in [-0.05, 0) is 37.3 Å². The summed E-state index contributed by atoms with van der Waals surface area (Å²) in [5.41, 5.74) is 0. The summed E-state index contributed by atoms with van der Waals surface area (Å²) >= 11 is 0. The number of carbonyl (C=O) groups is 3. The molecule has 3 aliphatic rings. The Morgan fingerprint density at radius 3 is 2.52 bits per heavy atom. The normalized spacial score (nSPS) is 30.5. The van der Waals surface area contributed by atoms with Crippen LogP contribution in [-0.2, 0) is 9.59 Å². The smallest absolute Gasteiger partial charge is 0.322 e. The third-order valence-corrected chi connectivity index (χ3v) is 5.25. The molecule has 0 spiro atoms. The second kappa shape index (κ2) is 5.58. The molecular formula is C17H18N4O4. The van der Waals surface area contributed by atoms with Gasteiger partial charge in [-0.3, -0.25) is 19.8 Å². The molecule has 0 radical (unpaired) electrons. The molecule has 2 bridgehead atoms. The predicted molar refractivity (Wildman–Crippen MR) is 87.1 cm³/mol. The first-order valence-electron chi connectivity index (χ1n) is 8.24. The average molecular weight is 342 g/mol. The largest absolute Gasteiger partial charge is 0.504 e. The lowest BCUT2D eigenvalue weighted by atomic mass is 9.85. The van der Waals surface area contributed by atoms with Gasteiger partial charge in [-0.1, -0.05) is 12.2 Å². The second-order valence-corrected chi connectivity index (χ2v) is 6.69. The molecule has 0 aromatic carbocycles. The van der Waals surface area contributed by atoms with Crippen LogP contribution in [0.2, 0.25) is 0 Å². The Kier molecular flexibility index (Phi) is 3.48. The second-order valence-electron chi connectivity index (χ2n) is 6.69. The number of aromatic nitrogens is 1. The van der Waals surface area contributed by atoms with Gasteiger partial charge in [0.05, 0.1) is 11.8 Å². The van der Waals surface area contributed by atoms with Gasteiger partial charge in [0, 0.05) is 6.20 Å². The minimum Gasteiger partial charge on any atom is -0.504 e. The summed E-state index contributed by atoms with van der Waals surface area (Å²) in [4.78, 5) is 42.4. The average Bonchev–Trinajstić information content (AvgIpc) is 3.23. The summed E-state index contributed by atoms with van der Waals surface area (Å²) in [5.74, 6) is -0.947. The number of nitrogens with one attached hydrogen (secondary N) is 2. The fourth-order valence-corrected chi connectivity index (χ4v) is 4.20. The number of fused-ring (bicyclic) bond motifs is 5. The van der Waals surface area contributed by atoms with E-state index in [4.69, 9.17) is 0 Å².